The topological polar surface area (TPSA) is 59.1 Å². The first-order valence-electron chi connectivity index (χ1n) is 13.5. The lowest BCUT2D eigenvalue weighted by atomic mass is 9.89. The van der Waals surface area contributed by atoms with Crippen LogP contribution in [0, 0.1) is 0 Å². The molecule has 1 heterocycles. The van der Waals surface area contributed by atoms with Crippen LogP contribution in [0.1, 0.15) is 103 Å². The lowest BCUT2D eigenvalue weighted by Crippen LogP contribution is -2.60. The van der Waals surface area contributed by atoms with Crippen molar-refractivity contribution in [3.8, 4) is 11.5 Å². The number of amides is 2. The maximum Gasteiger partial charge on any atom is 0.250 e. The molecular weight excluding hydrogens is 428 g/mol. The Morgan fingerprint density at radius 3 is 2.03 bits per heavy atom. The number of hydrogen-bond donors (Lipinski definition) is 0. The van der Waals surface area contributed by atoms with Crippen LogP contribution < -0.4 is 9.47 Å². The lowest BCUT2D eigenvalue weighted by molar-refractivity contribution is -0.162. The van der Waals surface area contributed by atoms with Crippen molar-refractivity contribution in [1.82, 2.24) is 9.80 Å². The molecule has 6 nitrogen and oxygen atoms in total. The van der Waals surface area contributed by atoms with Crippen LogP contribution in [-0.4, -0.2) is 53.5 Å². The van der Waals surface area contributed by atoms with Crippen LogP contribution in [0.3, 0.4) is 0 Å². The SMILES string of the molecule is COc1cc(C2C(=O)N(C3CCCCC3)CC(=O)N2C2CCCCCCC2)ccc1OC(C)C. The van der Waals surface area contributed by atoms with Gasteiger partial charge in [-0.3, -0.25) is 9.59 Å². The van der Waals surface area contributed by atoms with Gasteiger partial charge in [0.05, 0.1) is 13.2 Å². The van der Waals surface area contributed by atoms with Gasteiger partial charge in [-0.25, -0.2) is 0 Å². The second-order valence-electron chi connectivity index (χ2n) is 10.5. The Labute approximate surface area is 205 Å². The van der Waals surface area contributed by atoms with Gasteiger partial charge in [0.1, 0.15) is 12.6 Å². The van der Waals surface area contributed by atoms with Crippen LogP contribution >= 0.6 is 0 Å². The van der Waals surface area contributed by atoms with Crippen molar-refractivity contribution in [2.75, 3.05) is 13.7 Å². The molecule has 188 valence electrons. The summed E-state index contributed by atoms with van der Waals surface area (Å²) in [5.74, 6) is 1.45. The summed E-state index contributed by atoms with van der Waals surface area (Å²) in [6.45, 7) is 4.19. The van der Waals surface area contributed by atoms with E-state index in [1.54, 1.807) is 7.11 Å². The zero-order chi connectivity index (χ0) is 24.1. The third-order valence-electron chi connectivity index (χ3n) is 7.74. The van der Waals surface area contributed by atoms with Gasteiger partial charge in [0.25, 0.3) is 5.91 Å². The normalized spacial score (nSPS) is 23.7. The molecule has 2 saturated carbocycles. The molecular formula is C28H42N2O4. The molecule has 1 saturated heterocycles. The summed E-state index contributed by atoms with van der Waals surface area (Å²) in [6.07, 6.45) is 13.4. The molecule has 2 amide bonds. The molecule has 4 rings (SSSR count). The predicted octanol–water partition coefficient (Wildman–Crippen LogP) is 5.64. The van der Waals surface area contributed by atoms with E-state index < -0.39 is 6.04 Å². The van der Waals surface area contributed by atoms with E-state index in [2.05, 4.69) is 0 Å². The largest absolute Gasteiger partial charge is 0.493 e. The molecule has 1 aromatic rings. The average molecular weight is 471 g/mol. The maximum absolute atomic E-state index is 14.1. The predicted molar refractivity (Wildman–Crippen MR) is 133 cm³/mol. The molecule has 0 aromatic heterocycles. The van der Waals surface area contributed by atoms with Crippen molar-refractivity contribution in [3.05, 3.63) is 23.8 Å². The van der Waals surface area contributed by atoms with E-state index in [0.717, 1.165) is 56.9 Å². The first-order valence-corrected chi connectivity index (χ1v) is 13.5. The highest BCUT2D eigenvalue weighted by atomic mass is 16.5. The van der Waals surface area contributed by atoms with Gasteiger partial charge in [0.2, 0.25) is 5.91 Å². The van der Waals surface area contributed by atoms with E-state index in [-0.39, 0.29) is 36.5 Å². The van der Waals surface area contributed by atoms with Crippen LogP contribution in [0.2, 0.25) is 0 Å². The number of nitrogens with zero attached hydrogens (tertiary/aromatic N) is 2. The summed E-state index contributed by atoms with van der Waals surface area (Å²) >= 11 is 0. The van der Waals surface area contributed by atoms with Gasteiger partial charge in [-0.05, 0) is 57.2 Å². The molecule has 3 aliphatic rings. The average Bonchev–Trinajstić information content (AvgIpc) is 2.81. The van der Waals surface area contributed by atoms with Crippen LogP contribution in [-0.2, 0) is 9.59 Å². The van der Waals surface area contributed by atoms with E-state index in [4.69, 9.17) is 9.47 Å². The van der Waals surface area contributed by atoms with Gasteiger partial charge in [-0.2, -0.15) is 0 Å². The number of rotatable bonds is 6. The van der Waals surface area contributed by atoms with Gasteiger partial charge in [-0.1, -0.05) is 57.4 Å². The second-order valence-corrected chi connectivity index (χ2v) is 10.5. The van der Waals surface area contributed by atoms with Gasteiger partial charge in [0, 0.05) is 12.1 Å². The van der Waals surface area contributed by atoms with Gasteiger partial charge in [-0.15, -0.1) is 0 Å². The zero-order valence-corrected chi connectivity index (χ0v) is 21.3. The second kappa shape index (κ2) is 11.5. The van der Waals surface area contributed by atoms with Crippen LogP contribution in [0.15, 0.2) is 18.2 Å². The molecule has 1 aromatic carbocycles. The van der Waals surface area contributed by atoms with Crippen molar-refractivity contribution in [2.45, 2.75) is 115 Å². The van der Waals surface area contributed by atoms with Crippen molar-refractivity contribution in [3.63, 3.8) is 0 Å². The smallest absolute Gasteiger partial charge is 0.250 e. The Hall–Kier alpha value is -2.24. The Morgan fingerprint density at radius 2 is 1.41 bits per heavy atom. The number of ether oxygens (including phenoxy) is 2. The highest BCUT2D eigenvalue weighted by molar-refractivity contribution is 5.96. The molecule has 6 heteroatoms. The third-order valence-corrected chi connectivity index (χ3v) is 7.74. The third kappa shape index (κ3) is 5.52. The highest BCUT2D eigenvalue weighted by Crippen LogP contribution is 2.39. The fraction of sp³-hybridized carbons (Fsp3) is 0.714. The van der Waals surface area contributed by atoms with Crippen LogP contribution in [0.4, 0.5) is 0 Å². The number of carbonyl (C=O) groups is 2. The molecule has 1 aliphatic heterocycles. The van der Waals surface area contributed by atoms with E-state index in [0.29, 0.717) is 11.5 Å². The van der Waals surface area contributed by atoms with Crippen molar-refractivity contribution < 1.29 is 19.1 Å². The molecule has 2 aliphatic carbocycles. The van der Waals surface area contributed by atoms with E-state index in [9.17, 15) is 9.59 Å². The van der Waals surface area contributed by atoms with E-state index in [1.165, 1.54) is 25.7 Å². The summed E-state index contributed by atoms with van der Waals surface area (Å²) < 4.78 is 11.6. The fourth-order valence-electron chi connectivity index (χ4n) is 6.06. The minimum absolute atomic E-state index is 0.0193. The quantitative estimate of drug-likeness (QED) is 0.540. The molecule has 0 spiro atoms. The van der Waals surface area contributed by atoms with Crippen molar-refractivity contribution in [2.24, 2.45) is 0 Å². The molecule has 0 N–H and O–H groups in total. The monoisotopic (exact) mass is 470 g/mol. The summed E-state index contributed by atoms with van der Waals surface area (Å²) in [5, 5.41) is 0. The zero-order valence-electron chi connectivity index (χ0n) is 21.3. The molecule has 3 fully saturated rings. The molecule has 0 bridgehead atoms. The molecule has 34 heavy (non-hydrogen) atoms. The summed E-state index contributed by atoms with van der Waals surface area (Å²) in [4.78, 5) is 31.7. The highest BCUT2D eigenvalue weighted by Gasteiger charge is 2.45. The minimum atomic E-state index is -0.588. The van der Waals surface area contributed by atoms with Crippen molar-refractivity contribution in [1.29, 1.82) is 0 Å². The number of carbonyl (C=O) groups excluding carboxylic acids is 2. The van der Waals surface area contributed by atoms with E-state index >= 15 is 0 Å². The van der Waals surface area contributed by atoms with Crippen LogP contribution in [0.25, 0.3) is 0 Å². The Kier molecular flexibility index (Phi) is 8.38. The Morgan fingerprint density at radius 1 is 0.824 bits per heavy atom. The van der Waals surface area contributed by atoms with Crippen molar-refractivity contribution >= 4 is 11.8 Å². The summed E-state index contributed by atoms with van der Waals surface area (Å²) in [7, 11) is 1.63. The van der Waals surface area contributed by atoms with Gasteiger partial charge in [0.15, 0.2) is 11.5 Å². The number of piperazine rings is 1. The first kappa shape index (κ1) is 24.9. The lowest BCUT2D eigenvalue weighted by Gasteiger charge is -2.47. The first-order chi connectivity index (χ1) is 16.5. The number of hydrogen-bond acceptors (Lipinski definition) is 4. The number of benzene rings is 1. The summed E-state index contributed by atoms with van der Waals surface area (Å²) in [6, 6.07) is 5.46. The fourth-order valence-corrected chi connectivity index (χ4v) is 6.06. The molecule has 0 radical (unpaired) electrons. The van der Waals surface area contributed by atoms with Gasteiger partial charge >= 0.3 is 0 Å². The van der Waals surface area contributed by atoms with Gasteiger partial charge < -0.3 is 19.3 Å². The minimum Gasteiger partial charge on any atom is -0.493 e. The molecule has 1 atom stereocenters. The Bertz CT molecular complexity index is 841. The van der Waals surface area contributed by atoms with E-state index in [1.807, 2.05) is 41.8 Å². The Balaban J connectivity index is 1.70. The van der Waals surface area contributed by atoms with Crippen LogP contribution in [0.5, 0.6) is 11.5 Å². The summed E-state index contributed by atoms with van der Waals surface area (Å²) in [5.41, 5.74) is 0.828. The molecule has 1 unspecified atom stereocenters. The number of methoxy groups -OCH3 is 1. The standard InChI is InChI=1S/C28H42N2O4/c1-20(2)34-24-17-16-21(18-25(24)33-3)27-28(32)29(22-12-10-7-11-13-22)19-26(31)30(27)23-14-8-5-4-6-9-15-23/h16-18,20,22-23,27H,4-15,19H2,1-3H3. The maximum atomic E-state index is 14.1.